The van der Waals surface area contributed by atoms with E-state index in [1.165, 1.54) is 11.3 Å². The molecule has 0 aliphatic carbocycles. The summed E-state index contributed by atoms with van der Waals surface area (Å²) in [5.74, 6) is 0.456. The molecule has 1 heterocycles. The fourth-order valence-electron chi connectivity index (χ4n) is 2.59. The van der Waals surface area contributed by atoms with Gasteiger partial charge in [-0.1, -0.05) is 35.6 Å². The van der Waals surface area contributed by atoms with E-state index in [-0.39, 0.29) is 12.3 Å². The van der Waals surface area contributed by atoms with Crippen molar-refractivity contribution < 1.29 is 4.79 Å². The van der Waals surface area contributed by atoms with Crippen molar-refractivity contribution in [1.82, 2.24) is 15.5 Å². The van der Waals surface area contributed by atoms with Crippen LogP contribution in [0.15, 0.2) is 47.9 Å². The Morgan fingerprint density at radius 1 is 1.17 bits per heavy atom. The Morgan fingerprint density at radius 3 is 2.72 bits per heavy atom. The highest BCUT2D eigenvalue weighted by molar-refractivity contribution is 7.15. The predicted molar refractivity (Wildman–Crippen MR) is 118 cm³/mol. The summed E-state index contributed by atoms with van der Waals surface area (Å²) in [5.41, 5.74) is 19.9. The molecule has 1 aromatic carbocycles. The Morgan fingerprint density at radius 2 is 1.97 bits per heavy atom. The summed E-state index contributed by atoms with van der Waals surface area (Å²) >= 11 is 1.40. The quantitative estimate of drug-likeness (QED) is 0.278. The van der Waals surface area contributed by atoms with Gasteiger partial charge in [-0.3, -0.25) is 4.79 Å². The summed E-state index contributed by atoms with van der Waals surface area (Å²) in [6.45, 7) is 0.456. The number of anilines is 1. The zero-order valence-corrected chi connectivity index (χ0v) is 17.5. The maximum absolute atomic E-state index is 12.2. The standard InChI is InChI=1S/C20H29N7OS/c1-24-17(23)10-9-16(22)7-2-3-8-19-26-27-20(29-19)25-18(28)12-14-5-4-6-15(11-14)13-21/h4-6,9-11,24H,2-3,7-8,12-13,21-23H2,1H3,(H,25,27,28)/b16-9-,17-10+. The number of nitrogens with one attached hydrogen (secondary N) is 2. The number of nitrogens with zero attached hydrogens (tertiary/aromatic N) is 2. The molecule has 0 saturated carbocycles. The first kappa shape index (κ1) is 22.4. The van der Waals surface area contributed by atoms with Crippen molar-refractivity contribution >= 4 is 22.4 Å². The van der Waals surface area contributed by atoms with Crippen molar-refractivity contribution in [2.75, 3.05) is 12.4 Å². The molecular formula is C20H29N7OS. The van der Waals surface area contributed by atoms with Crippen molar-refractivity contribution in [3.63, 3.8) is 0 Å². The van der Waals surface area contributed by atoms with E-state index in [1.807, 2.05) is 30.3 Å². The highest BCUT2D eigenvalue weighted by Gasteiger charge is 2.09. The van der Waals surface area contributed by atoms with E-state index in [9.17, 15) is 4.79 Å². The highest BCUT2D eigenvalue weighted by atomic mass is 32.1. The van der Waals surface area contributed by atoms with Gasteiger partial charge >= 0.3 is 0 Å². The van der Waals surface area contributed by atoms with Crippen molar-refractivity contribution in [3.05, 3.63) is 64.1 Å². The number of rotatable bonds is 11. The molecule has 0 aliphatic heterocycles. The number of unbranched alkanes of at least 4 members (excludes halogenated alkanes) is 1. The van der Waals surface area contributed by atoms with Crippen LogP contribution in [0.3, 0.4) is 0 Å². The molecule has 156 valence electrons. The van der Waals surface area contributed by atoms with E-state index < -0.39 is 0 Å². The number of carbonyl (C=O) groups is 1. The average molecular weight is 416 g/mol. The number of benzene rings is 1. The molecule has 8 nitrogen and oxygen atoms in total. The smallest absolute Gasteiger partial charge is 0.230 e. The van der Waals surface area contributed by atoms with Gasteiger partial charge in [-0.15, -0.1) is 10.2 Å². The van der Waals surface area contributed by atoms with Crippen molar-refractivity contribution in [3.8, 4) is 0 Å². The largest absolute Gasteiger partial charge is 0.402 e. The second-order valence-electron chi connectivity index (χ2n) is 6.57. The Hall–Kier alpha value is -2.91. The van der Waals surface area contributed by atoms with E-state index in [0.29, 0.717) is 17.5 Å². The minimum atomic E-state index is -0.117. The van der Waals surface area contributed by atoms with Gasteiger partial charge in [0, 0.05) is 25.7 Å². The van der Waals surface area contributed by atoms with Gasteiger partial charge in [-0.25, -0.2) is 0 Å². The first-order chi connectivity index (χ1) is 14.0. The van der Waals surface area contributed by atoms with Gasteiger partial charge in [0.1, 0.15) is 5.01 Å². The summed E-state index contributed by atoms with van der Waals surface area (Å²) in [7, 11) is 1.76. The van der Waals surface area contributed by atoms with Crippen molar-refractivity contribution in [2.24, 2.45) is 17.2 Å². The number of aromatic nitrogens is 2. The number of hydrogen-bond acceptors (Lipinski definition) is 8. The zero-order valence-electron chi connectivity index (χ0n) is 16.6. The van der Waals surface area contributed by atoms with Crippen LogP contribution >= 0.6 is 11.3 Å². The molecule has 0 bridgehead atoms. The van der Waals surface area contributed by atoms with Crippen LogP contribution in [0.2, 0.25) is 0 Å². The van der Waals surface area contributed by atoms with E-state index in [4.69, 9.17) is 17.2 Å². The maximum atomic E-state index is 12.2. The fraction of sp³-hybridized carbons (Fsp3) is 0.350. The van der Waals surface area contributed by atoms with Gasteiger partial charge in [-0.05, 0) is 42.5 Å². The Balaban J connectivity index is 1.74. The first-order valence-corrected chi connectivity index (χ1v) is 10.3. The summed E-state index contributed by atoms with van der Waals surface area (Å²) in [5, 5.41) is 15.3. The van der Waals surface area contributed by atoms with Gasteiger partial charge < -0.3 is 27.8 Å². The third kappa shape index (κ3) is 8.32. The molecule has 0 atom stereocenters. The van der Waals surface area contributed by atoms with Crippen LogP contribution in [-0.2, 0) is 24.2 Å². The molecule has 0 fully saturated rings. The molecule has 0 unspecified atom stereocenters. The van der Waals surface area contributed by atoms with Gasteiger partial charge in [-0.2, -0.15) is 0 Å². The van der Waals surface area contributed by atoms with E-state index >= 15 is 0 Å². The molecule has 8 N–H and O–H groups in total. The lowest BCUT2D eigenvalue weighted by Crippen LogP contribution is -2.14. The minimum absolute atomic E-state index is 0.117. The molecule has 1 aromatic heterocycles. The normalized spacial score (nSPS) is 12.1. The first-order valence-electron chi connectivity index (χ1n) is 9.50. The number of amides is 1. The molecule has 1 amide bonds. The van der Waals surface area contributed by atoms with Crippen LogP contribution in [0.5, 0.6) is 0 Å². The van der Waals surface area contributed by atoms with Crippen LogP contribution in [0.4, 0.5) is 5.13 Å². The Kier molecular flexibility index (Phi) is 9.13. The average Bonchev–Trinajstić information content (AvgIpc) is 3.16. The summed E-state index contributed by atoms with van der Waals surface area (Å²) in [4.78, 5) is 12.2. The van der Waals surface area contributed by atoms with Gasteiger partial charge in [0.05, 0.1) is 12.2 Å². The second-order valence-corrected chi connectivity index (χ2v) is 7.63. The monoisotopic (exact) mass is 415 g/mol. The molecule has 2 rings (SSSR count). The van der Waals surface area contributed by atoms with Crippen LogP contribution < -0.4 is 27.8 Å². The van der Waals surface area contributed by atoms with Crippen LogP contribution in [0.25, 0.3) is 0 Å². The van der Waals surface area contributed by atoms with Crippen molar-refractivity contribution in [2.45, 2.75) is 38.6 Å². The molecule has 2 aromatic rings. The predicted octanol–water partition coefficient (Wildman–Crippen LogP) is 1.75. The highest BCUT2D eigenvalue weighted by Crippen LogP contribution is 2.18. The van der Waals surface area contributed by atoms with Crippen molar-refractivity contribution in [1.29, 1.82) is 0 Å². The molecule has 29 heavy (non-hydrogen) atoms. The minimum Gasteiger partial charge on any atom is -0.402 e. The zero-order chi connectivity index (χ0) is 21.1. The molecule has 0 radical (unpaired) electrons. The number of aryl methyl sites for hydroxylation is 1. The SMILES string of the molecule is CN/C(N)=C/C=C(\N)CCCCc1nnc(NC(=O)Cc2cccc(CN)c2)s1. The van der Waals surface area contributed by atoms with E-state index in [0.717, 1.165) is 47.5 Å². The molecule has 0 saturated heterocycles. The summed E-state index contributed by atoms with van der Waals surface area (Å²) in [6, 6.07) is 7.69. The lowest BCUT2D eigenvalue weighted by atomic mass is 10.1. The van der Waals surface area contributed by atoms with E-state index in [1.54, 1.807) is 13.1 Å². The number of nitrogens with two attached hydrogens (primary N) is 3. The molecule has 0 aliphatic rings. The lowest BCUT2D eigenvalue weighted by molar-refractivity contribution is -0.115. The molecular weight excluding hydrogens is 386 g/mol. The number of allylic oxidation sites excluding steroid dienone is 3. The topological polar surface area (TPSA) is 145 Å². The van der Waals surface area contributed by atoms with E-state index in [2.05, 4.69) is 20.8 Å². The molecule has 9 heteroatoms. The second kappa shape index (κ2) is 11.8. The number of carbonyl (C=O) groups excluding carboxylic acids is 1. The summed E-state index contributed by atoms with van der Waals surface area (Å²) in [6.07, 6.45) is 7.31. The van der Waals surface area contributed by atoms with Crippen LogP contribution in [0.1, 0.15) is 35.4 Å². The van der Waals surface area contributed by atoms with Crippen LogP contribution in [0, 0.1) is 0 Å². The Labute approximate surface area is 175 Å². The van der Waals surface area contributed by atoms with Gasteiger partial charge in [0.25, 0.3) is 0 Å². The summed E-state index contributed by atoms with van der Waals surface area (Å²) < 4.78 is 0. The lowest BCUT2D eigenvalue weighted by Gasteiger charge is -2.03. The third-order valence-corrected chi connectivity index (χ3v) is 5.08. The Bertz CT molecular complexity index is 860. The third-order valence-electron chi connectivity index (χ3n) is 4.18. The molecule has 0 spiro atoms. The fourth-order valence-corrected chi connectivity index (χ4v) is 3.39. The van der Waals surface area contributed by atoms with Crippen LogP contribution in [-0.4, -0.2) is 23.2 Å². The maximum Gasteiger partial charge on any atom is 0.230 e. The number of hydrogen-bond donors (Lipinski definition) is 5. The van der Waals surface area contributed by atoms with Gasteiger partial charge in [0.15, 0.2) is 0 Å². The van der Waals surface area contributed by atoms with Gasteiger partial charge in [0.2, 0.25) is 11.0 Å².